The van der Waals surface area contributed by atoms with E-state index in [1.54, 1.807) is 7.11 Å². The van der Waals surface area contributed by atoms with E-state index in [0.29, 0.717) is 11.5 Å². The molecule has 0 aliphatic carbocycles. The van der Waals surface area contributed by atoms with Gasteiger partial charge in [-0.3, -0.25) is 4.79 Å². The topological polar surface area (TPSA) is 59.9 Å². The second-order valence-electron chi connectivity index (χ2n) is 7.31. The van der Waals surface area contributed by atoms with Crippen molar-refractivity contribution in [2.75, 3.05) is 13.7 Å². The summed E-state index contributed by atoms with van der Waals surface area (Å²) in [6.45, 7) is 1.73. The van der Waals surface area contributed by atoms with Crippen LogP contribution in [0.25, 0.3) is 21.9 Å². The maximum absolute atomic E-state index is 12.3. The Hall–Kier alpha value is -4.12. The van der Waals surface area contributed by atoms with Crippen LogP contribution < -0.4 is 14.9 Å². The van der Waals surface area contributed by atoms with Crippen LogP contribution in [-0.2, 0) is 4.79 Å². The number of nitrogens with zero attached hydrogens (tertiary/aromatic N) is 1. The SMILES string of the molecule is COc1ccc2cc(/C(C)=N/NC(=O)COc3ccccc3-c3ccccc3)ccc2c1. The van der Waals surface area contributed by atoms with Crippen LogP contribution in [0.5, 0.6) is 11.5 Å². The van der Waals surface area contributed by atoms with E-state index in [9.17, 15) is 4.79 Å². The smallest absolute Gasteiger partial charge is 0.277 e. The van der Waals surface area contributed by atoms with E-state index in [-0.39, 0.29) is 12.5 Å². The number of rotatable bonds is 7. The van der Waals surface area contributed by atoms with E-state index >= 15 is 0 Å². The summed E-state index contributed by atoms with van der Waals surface area (Å²) in [6, 6.07) is 29.5. The number of ether oxygens (including phenoxy) is 2. The van der Waals surface area contributed by atoms with Crippen LogP contribution in [0.2, 0.25) is 0 Å². The van der Waals surface area contributed by atoms with E-state index in [1.807, 2.05) is 97.9 Å². The first-order valence-electron chi connectivity index (χ1n) is 10.3. The van der Waals surface area contributed by atoms with E-state index in [0.717, 1.165) is 33.2 Å². The van der Waals surface area contributed by atoms with Gasteiger partial charge >= 0.3 is 0 Å². The molecule has 0 atom stereocenters. The number of hydrogen-bond donors (Lipinski definition) is 1. The minimum atomic E-state index is -0.322. The van der Waals surface area contributed by atoms with Crippen LogP contribution in [-0.4, -0.2) is 25.3 Å². The van der Waals surface area contributed by atoms with E-state index in [1.165, 1.54) is 0 Å². The fourth-order valence-corrected chi connectivity index (χ4v) is 3.41. The summed E-state index contributed by atoms with van der Waals surface area (Å²) in [6.07, 6.45) is 0. The molecule has 5 heteroatoms. The number of para-hydroxylation sites is 1. The van der Waals surface area contributed by atoms with Gasteiger partial charge in [0.15, 0.2) is 6.61 Å². The average molecular weight is 425 g/mol. The molecule has 32 heavy (non-hydrogen) atoms. The highest BCUT2D eigenvalue weighted by Gasteiger charge is 2.08. The van der Waals surface area contributed by atoms with Gasteiger partial charge in [-0.05, 0) is 53.1 Å². The second kappa shape index (κ2) is 9.79. The van der Waals surface area contributed by atoms with Crippen LogP contribution in [0.1, 0.15) is 12.5 Å². The Bertz CT molecular complexity index is 1270. The zero-order valence-electron chi connectivity index (χ0n) is 18.0. The van der Waals surface area contributed by atoms with Crippen LogP contribution >= 0.6 is 0 Å². The monoisotopic (exact) mass is 424 g/mol. The summed E-state index contributed by atoms with van der Waals surface area (Å²) in [5.74, 6) is 1.15. The van der Waals surface area contributed by atoms with Gasteiger partial charge in [0.1, 0.15) is 11.5 Å². The van der Waals surface area contributed by atoms with Gasteiger partial charge in [0.2, 0.25) is 0 Å². The van der Waals surface area contributed by atoms with Gasteiger partial charge in [0, 0.05) is 5.56 Å². The number of methoxy groups -OCH3 is 1. The maximum atomic E-state index is 12.3. The van der Waals surface area contributed by atoms with Crippen LogP contribution in [0.15, 0.2) is 96.1 Å². The molecule has 0 saturated carbocycles. The largest absolute Gasteiger partial charge is 0.497 e. The lowest BCUT2D eigenvalue weighted by Gasteiger charge is -2.11. The van der Waals surface area contributed by atoms with Crippen molar-refractivity contribution in [3.05, 3.63) is 96.6 Å². The molecule has 4 aromatic rings. The molecule has 0 radical (unpaired) electrons. The molecule has 1 N–H and O–H groups in total. The van der Waals surface area contributed by atoms with E-state index < -0.39 is 0 Å². The summed E-state index contributed by atoms with van der Waals surface area (Å²) in [7, 11) is 1.65. The van der Waals surface area contributed by atoms with Gasteiger partial charge < -0.3 is 9.47 Å². The predicted octanol–water partition coefficient (Wildman–Crippen LogP) is 5.43. The third kappa shape index (κ3) is 4.95. The number of hydrazone groups is 1. The molecule has 0 aliphatic rings. The van der Waals surface area contributed by atoms with Crippen molar-refractivity contribution in [2.24, 2.45) is 5.10 Å². The Morgan fingerprint density at radius 1 is 0.875 bits per heavy atom. The molecule has 0 aromatic heterocycles. The molecule has 0 bridgehead atoms. The third-order valence-electron chi connectivity index (χ3n) is 5.14. The molecule has 0 unspecified atom stereocenters. The lowest BCUT2D eigenvalue weighted by Crippen LogP contribution is -2.25. The van der Waals surface area contributed by atoms with Gasteiger partial charge in [0.05, 0.1) is 12.8 Å². The van der Waals surface area contributed by atoms with Crippen molar-refractivity contribution in [1.82, 2.24) is 5.43 Å². The second-order valence-corrected chi connectivity index (χ2v) is 7.31. The fraction of sp³-hybridized carbons (Fsp3) is 0.111. The van der Waals surface area contributed by atoms with Crippen molar-refractivity contribution >= 4 is 22.4 Å². The Morgan fingerprint density at radius 2 is 1.59 bits per heavy atom. The molecule has 160 valence electrons. The number of benzene rings is 4. The molecule has 4 aromatic carbocycles. The Morgan fingerprint density at radius 3 is 2.41 bits per heavy atom. The number of hydrogen-bond acceptors (Lipinski definition) is 4. The maximum Gasteiger partial charge on any atom is 0.277 e. The standard InChI is InChI=1S/C27H24N2O3/c1-19(21-12-13-23-17-24(31-2)15-14-22(23)16-21)28-29-27(30)18-32-26-11-7-6-10-25(26)20-8-4-3-5-9-20/h3-17H,18H2,1-2H3,(H,29,30)/b28-19+. The quantitative estimate of drug-likeness (QED) is 0.318. The van der Waals surface area contributed by atoms with Crippen LogP contribution in [0, 0.1) is 0 Å². The molecule has 0 saturated heterocycles. The van der Waals surface area contributed by atoms with Crippen molar-refractivity contribution in [3.8, 4) is 22.6 Å². The minimum absolute atomic E-state index is 0.127. The average Bonchev–Trinajstić information content (AvgIpc) is 2.86. The van der Waals surface area contributed by atoms with Gasteiger partial charge in [-0.2, -0.15) is 5.10 Å². The molecule has 4 rings (SSSR count). The minimum Gasteiger partial charge on any atom is -0.497 e. The number of fused-ring (bicyclic) bond motifs is 1. The Labute approximate surface area is 187 Å². The number of carbonyl (C=O) groups excluding carboxylic acids is 1. The van der Waals surface area contributed by atoms with E-state index in [4.69, 9.17) is 9.47 Å². The predicted molar refractivity (Wildman–Crippen MR) is 128 cm³/mol. The highest BCUT2D eigenvalue weighted by molar-refractivity contribution is 6.02. The lowest BCUT2D eigenvalue weighted by atomic mass is 10.0. The summed E-state index contributed by atoms with van der Waals surface area (Å²) in [5, 5.41) is 6.39. The van der Waals surface area contributed by atoms with Crippen molar-refractivity contribution in [1.29, 1.82) is 0 Å². The van der Waals surface area contributed by atoms with Crippen molar-refractivity contribution in [2.45, 2.75) is 6.92 Å². The fourth-order valence-electron chi connectivity index (χ4n) is 3.41. The molecule has 0 heterocycles. The zero-order chi connectivity index (χ0) is 22.3. The Kier molecular flexibility index (Phi) is 6.46. The number of carbonyl (C=O) groups is 1. The zero-order valence-corrected chi connectivity index (χ0v) is 18.0. The Balaban J connectivity index is 1.40. The van der Waals surface area contributed by atoms with Crippen molar-refractivity contribution < 1.29 is 14.3 Å². The summed E-state index contributed by atoms with van der Waals surface area (Å²) >= 11 is 0. The third-order valence-corrected chi connectivity index (χ3v) is 5.14. The molecule has 1 amide bonds. The van der Waals surface area contributed by atoms with Crippen molar-refractivity contribution in [3.63, 3.8) is 0 Å². The number of nitrogens with one attached hydrogen (secondary N) is 1. The highest BCUT2D eigenvalue weighted by atomic mass is 16.5. The number of amides is 1. The van der Waals surface area contributed by atoms with Gasteiger partial charge in [-0.1, -0.05) is 66.7 Å². The van der Waals surface area contributed by atoms with Gasteiger partial charge in [-0.25, -0.2) is 5.43 Å². The molecule has 0 fully saturated rings. The van der Waals surface area contributed by atoms with Crippen LogP contribution in [0.4, 0.5) is 0 Å². The molecule has 5 nitrogen and oxygen atoms in total. The first kappa shape index (κ1) is 21.1. The van der Waals surface area contributed by atoms with Crippen LogP contribution in [0.3, 0.4) is 0 Å². The lowest BCUT2D eigenvalue weighted by molar-refractivity contribution is -0.123. The summed E-state index contributed by atoms with van der Waals surface area (Å²) < 4.78 is 11.0. The highest BCUT2D eigenvalue weighted by Crippen LogP contribution is 2.29. The summed E-state index contributed by atoms with van der Waals surface area (Å²) in [4.78, 5) is 12.3. The van der Waals surface area contributed by atoms with E-state index in [2.05, 4.69) is 10.5 Å². The first-order chi connectivity index (χ1) is 15.6. The molecular weight excluding hydrogens is 400 g/mol. The van der Waals surface area contributed by atoms with Gasteiger partial charge in [-0.15, -0.1) is 0 Å². The normalized spacial score (nSPS) is 11.2. The molecule has 0 spiro atoms. The molecule has 0 aliphatic heterocycles. The van der Waals surface area contributed by atoms with Gasteiger partial charge in [0.25, 0.3) is 5.91 Å². The molecular formula is C27H24N2O3. The summed E-state index contributed by atoms with van der Waals surface area (Å²) in [5.41, 5.74) is 6.19. The first-order valence-corrected chi connectivity index (χ1v) is 10.3.